The minimum Gasteiger partial charge on any atom is -0.408 e. The van der Waals surface area contributed by atoms with Crippen molar-refractivity contribution in [2.75, 3.05) is 5.75 Å². The largest absolute Gasteiger partial charge is 0.408 e. The van der Waals surface area contributed by atoms with Crippen molar-refractivity contribution in [2.45, 2.75) is 102 Å². The van der Waals surface area contributed by atoms with E-state index in [-0.39, 0.29) is 15.9 Å². The molecule has 0 heterocycles. The molecule has 0 aliphatic rings. The van der Waals surface area contributed by atoms with Gasteiger partial charge in [0.1, 0.15) is 0 Å². The minimum absolute atomic E-state index is 0.0664. The predicted octanol–water partition coefficient (Wildman–Crippen LogP) is 9.87. The maximum Gasteiger partial charge on any atom is 0.193 e. The quantitative estimate of drug-likeness (QED) is 0.295. The van der Waals surface area contributed by atoms with Crippen LogP contribution >= 0.6 is 35.0 Å². The molecule has 2 nitrogen and oxygen atoms in total. The lowest BCUT2D eigenvalue weighted by Gasteiger charge is -2.48. The van der Waals surface area contributed by atoms with Crippen molar-refractivity contribution >= 4 is 43.3 Å². The first-order valence-electron chi connectivity index (χ1n) is 12.6. The van der Waals surface area contributed by atoms with E-state index in [9.17, 15) is 0 Å². The third kappa shape index (κ3) is 8.51. The van der Waals surface area contributed by atoms with Crippen LogP contribution in [0.2, 0.25) is 28.2 Å². The van der Waals surface area contributed by atoms with E-state index in [1.54, 1.807) is 0 Å². The van der Waals surface area contributed by atoms with Crippen LogP contribution in [0.15, 0.2) is 48.5 Å². The predicted molar refractivity (Wildman–Crippen MR) is 161 cm³/mol. The Kier molecular flexibility index (Phi) is 10.5. The Bertz CT molecular complexity index is 952. The summed E-state index contributed by atoms with van der Waals surface area (Å²) in [6.07, 6.45) is 0.797. The summed E-state index contributed by atoms with van der Waals surface area (Å²) in [5, 5.41) is 5.59. The van der Waals surface area contributed by atoms with Gasteiger partial charge in [0.05, 0.1) is 11.6 Å². The summed E-state index contributed by atoms with van der Waals surface area (Å²) in [5.74, 6) is 1.02. The van der Waals surface area contributed by atoms with Crippen LogP contribution < -0.4 is 5.32 Å². The molecule has 0 unspecified atom stereocenters. The van der Waals surface area contributed by atoms with E-state index in [0.29, 0.717) is 6.04 Å². The maximum atomic E-state index is 7.26. The molecule has 0 aliphatic heterocycles. The van der Waals surface area contributed by atoms with Gasteiger partial charge in [0.15, 0.2) is 8.32 Å². The average Bonchev–Trinajstić information content (AvgIpc) is 2.74. The second-order valence-corrected chi connectivity index (χ2v) is 19.7. The number of rotatable bonds is 10. The lowest BCUT2D eigenvalue weighted by molar-refractivity contribution is 0.0694. The molecule has 0 aromatic heterocycles. The Morgan fingerprint density at radius 1 is 0.914 bits per heavy atom. The zero-order valence-corrected chi connectivity index (χ0v) is 26.6. The van der Waals surface area contributed by atoms with E-state index >= 15 is 0 Å². The van der Waals surface area contributed by atoms with Gasteiger partial charge in [-0.15, -0.1) is 0 Å². The summed E-state index contributed by atoms with van der Waals surface area (Å²) < 4.78 is 7.47. The van der Waals surface area contributed by atoms with E-state index in [4.69, 9.17) is 27.6 Å². The number of nitrogens with one attached hydrogen (secondary N) is 1. The number of thioether (sulfide) groups is 1. The monoisotopic (exact) mass is 553 g/mol. The third-order valence-electron chi connectivity index (χ3n) is 7.05. The summed E-state index contributed by atoms with van der Waals surface area (Å²) >= 11 is 14.8. The number of benzene rings is 2. The average molecular weight is 555 g/mol. The van der Waals surface area contributed by atoms with Gasteiger partial charge in [-0.3, -0.25) is 0 Å². The molecule has 196 valence electrons. The molecule has 2 aromatic carbocycles. The molecule has 35 heavy (non-hydrogen) atoms. The number of halogens is 2. The molecule has 0 saturated carbocycles. The van der Waals surface area contributed by atoms with Crippen LogP contribution in [0.5, 0.6) is 0 Å². The highest BCUT2D eigenvalue weighted by Crippen LogP contribution is 2.46. The summed E-state index contributed by atoms with van der Waals surface area (Å²) in [4.78, 5) is 0. The highest BCUT2D eigenvalue weighted by molar-refractivity contribution is 8.00. The molecule has 0 amide bonds. The Balaban J connectivity index is 2.67. The van der Waals surface area contributed by atoms with Crippen LogP contribution in [-0.4, -0.2) is 24.9 Å². The molecule has 0 radical (unpaired) electrons. The van der Waals surface area contributed by atoms with Crippen molar-refractivity contribution in [3.8, 4) is 0 Å². The van der Waals surface area contributed by atoms with Gasteiger partial charge in [-0.2, -0.15) is 11.8 Å². The van der Waals surface area contributed by atoms with E-state index < -0.39 is 13.9 Å². The molecular formula is C29H45Cl2NOSSi. The molecule has 6 heteroatoms. The molecule has 0 saturated heterocycles. The van der Waals surface area contributed by atoms with E-state index in [2.05, 4.69) is 98.1 Å². The van der Waals surface area contributed by atoms with Gasteiger partial charge in [-0.05, 0) is 66.9 Å². The maximum absolute atomic E-state index is 7.26. The molecule has 3 atom stereocenters. The van der Waals surface area contributed by atoms with E-state index in [1.807, 2.05) is 36.0 Å². The standard InChI is InChI=1S/C29H45Cl2NOSSi/c1-11-25(20-34-27(2,3)4)32-29(8,22-15-17-23(30)18-16-22)26(21-13-12-14-24(31)19-21)33-35(9,10)28(5,6)7/h12-19,25-26,32H,11,20H2,1-10H3/t25-,26+,29+/m0/s1. The Hall–Kier alpha value is -0.493. The van der Waals surface area contributed by atoms with Gasteiger partial charge in [0.2, 0.25) is 0 Å². The lowest BCUT2D eigenvalue weighted by Crippen LogP contribution is -2.54. The van der Waals surface area contributed by atoms with Gasteiger partial charge in [-0.1, -0.05) is 95.9 Å². The second-order valence-electron chi connectivity index (χ2n) is 12.2. The van der Waals surface area contributed by atoms with Crippen LogP contribution in [0, 0.1) is 0 Å². The third-order valence-corrected chi connectivity index (χ3v) is 13.4. The Morgan fingerprint density at radius 2 is 1.51 bits per heavy atom. The molecule has 0 fully saturated rings. The van der Waals surface area contributed by atoms with E-state index in [1.165, 1.54) is 0 Å². The molecule has 0 bridgehead atoms. The van der Waals surface area contributed by atoms with Gasteiger partial charge in [0, 0.05) is 26.6 Å². The first kappa shape index (κ1) is 30.7. The summed E-state index contributed by atoms with van der Waals surface area (Å²) in [6, 6.07) is 16.7. The van der Waals surface area contributed by atoms with Gasteiger partial charge < -0.3 is 9.74 Å². The van der Waals surface area contributed by atoms with Crippen LogP contribution in [0.1, 0.15) is 79.0 Å². The highest BCUT2D eigenvalue weighted by atomic mass is 35.5. The fraction of sp³-hybridized carbons (Fsp3) is 0.586. The van der Waals surface area contributed by atoms with Crippen LogP contribution in [0.4, 0.5) is 0 Å². The van der Waals surface area contributed by atoms with E-state index in [0.717, 1.165) is 33.3 Å². The summed E-state index contributed by atoms with van der Waals surface area (Å²) in [5.41, 5.74) is 1.75. The fourth-order valence-corrected chi connectivity index (χ4v) is 6.46. The van der Waals surface area contributed by atoms with Crippen LogP contribution in [0.3, 0.4) is 0 Å². The molecule has 0 aliphatic carbocycles. The van der Waals surface area contributed by atoms with Crippen molar-refractivity contribution in [3.05, 3.63) is 69.7 Å². The minimum atomic E-state index is -2.15. The van der Waals surface area contributed by atoms with Gasteiger partial charge in [0.25, 0.3) is 0 Å². The lowest BCUT2D eigenvalue weighted by atomic mass is 9.82. The first-order chi connectivity index (χ1) is 16.0. The van der Waals surface area contributed by atoms with Crippen molar-refractivity contribution in [1.29, 1.82) is 0 Å². The van der Waals surface area contributed by atoms with Crippen molar-refractivity contribution in [2.24, 2.45) is 0 Å². The molecule has 2 aromatic rings. The van der Waals surface area contributed by atoms with Gasteiger partial charge >= 0.3 is 0 Å². The molecule has 0 spiro atoms. The topological polar surface area (TPSA) is 21.3 Å². The van der Waals surface area contributed by atoms with Gasteiger partial charge in [-0.25, -0.2) is 0 Å². The summed E-state index contributed by atoms with van der Waals surface area (Å²) in [6.45, 7) is 22.9. The smallest absolute Gasteiger partial charge is 0.193 e. The zero-order valence-electron chi connectivity index (χ0n) is 23.3. The second kappa shape index (κ2) is 11.9. The Labute approximate surface area is 230 Å². The molecule has 1 N–H and O–H groups in total. The summed E-state index contributed by atoms with van der Waals surface area (Å²) in [7, 11) is -2.15. The molecule has 2 rings (SSSR count). The van der Waals surface area contributed by atoms with Crippen LogP contribution in [-0.2, 0) is 9.96 Å². The Morgan fingerprint density at radius 3 is 2.00 bits per heavy atom. The fourth-order valence-electron chi connectivity index (χ4n) is 3.80. The highest BCUT2D eigenvalue weighted by Gasteiger charge is 2.46. The molecular weight excluding hydrogens is 509 g/mol. The van der Waals surface area contributed by atoms with Crippen LogP contribution in [0.25, 0.3) is 0 Å². The van der Waals surface area contributed by atoms with Crippen molar-refractivity contribution in [1.82, 2.24) is 5.32 Å². The first-order valence-corrected chi connectivity index (χ1v) is 17.2. The SMILES string of the molecule is CC[C@@H](CSC(C)(C)C)N[C@](C)(c1ccc(Cl)cc1)[C@H](O[Si](C)(C)C(C)(C)C)c1cccc(Cl)c1. The normalized spacial score (nSPS) is 16.6. The van der Waals surface area contributed by atoms with Crippen molar-refractivity contribution < 1.29 is 4.43 Å². The number of hydrogen-bond acceptors (Lipinski definition) is 3. The zero-order chi connectivity index (χ0) is 26.7. The van der Waals surface area contributed by atoms with Crippen molar-refractivity contribution in [3.63, 3.8) is 0 Å². The number of hydrogen-bond donors (Lipinski definition) is 1.